The number of hydrogen-bond acceptors (Lipinski definition) is 6. The Labute approximate surface area is 186 Å². The summed E-state index contributed by atoms with van der Waals surface area (Å²) in [7, 11) is 0. The van der Waals surface area contributed by atoms with Gasteiger partial charge in [-0.15, -0.1) is 0 Å². The number of benzene rings is 2. The van der Waals surface area contributed by atoms with Gasteiger partial charge in [0.05, 0.1) is 18.2 Å². The van der Waals surface area contributed by atoms with Crippen molar-refractivity contribution in [3.8, 4) is 23.0 Å². The molecule has 0 bridgehead atoms. The summed E-state index contributed by atoms with van der Waals surface area (Å²) in [6, 6.07) is 9.15. The molecule has 3 heterocycles. The van der Waals surface area contributed by atoms with Crippen LogP contribution in [-0.4, -0.2) is 44.3 Å². The maximum absolute atomic E-state index is 13.1. The summed E-state index contributed by atoms with van der Waals surface area (Å²) in [6.07, 6.45) is 1.05. The molecule has 3 aliphatic heterocycles. The first-order valence-electron chi connectivity index (χ1n) is 11.0. The zero-order valence-electron chi connectivity index (χ0n) is 18.2. The smallest absolute Gasteiger partial charge is 0.229 e. The molecule has 1 N–H and O–H groups in total. The number of carbonyl (C=O) groups excluding carboxylic acids is 2. The Morgan fingerprint density at radius 3 is 2.75 bits per heavy atom. The summed E-state index contributed by atoms with van der Waals surface area (Å²) in [6.45, 7) is 5.67. The summed E-state index contributed by atoms with van der Waals surface area (Å²) >= 11 is 0. The highest BCUT2D eigenvalue weighted by molar-refractivity contribution is 6.04. The Kier molecular flexibility index (Phi) is 5.28. The molecule has 0 saturated carbocycles. The van der Waals surface area contributed by atoms with E-state index in [0.717, 1.165) is 17.7 Å². The number of fused-ring (bicyclic) bond motifs is 2. The number of ether oxygens (including phenoxy) is 4. The SMILES string of the molecule is CCOc1cc2c(cc1NC(=O)C1CC(=O)N(c3ccc4c(c3)OCCO4)C1)OC(C)C2. The van der Waals surface area contributed by atoms with Gasteiger partial charge in [0.15, 0.2) is 11.5 Å². The lowest BCUT2D eigenvalue weighted by atomic mass is 10.1. The molecular weight excluding hydrogens is 412 g/mol. The van der Waals surface area contributed by atoms with E-state index < -0.39 is 5.92 Å². The van der Waals surface area contributed by atoms with Crippen LogP contribution in [-0.2, 0) is 16.0 Å². The third-order valence-electron chi connectivity index (χ3n) is 5.89. The van der Waals surface area contributed by atoms with Gasteiger partial charge in [-0.3, -0.25) is 9.59 Å². The van der Waals surface area contributed by atoms with Crippen molar-refractivity contribution in [2.24, 2.45) is 5.92 Å². The number of amides is 2. The predicted octanol–water partition coefficient (Wildman–Crippen LogP) is 3.17. The molecule has 2 unspecified atom stereocenters. The van der Waals surface area contributed by atoms with E-state index in [1.54, 1.807) is 17.0 Å². The minimum absolute atomic E-state index is 0.0948. The molecule has 2 aromatic carbocycles. The van der Waals surface area contributed by atoms with E-state index in [2.05, 4.69) is 5.32 Å². The van der Waals surface area contributed by atoms with E-state index in [-0.39, 0.29) is 24.3 Å². The van der Waals surface area contributed by atoms with Crippen LogP contribution >= 0.6 is 0 Å². The highest BCUT2D eigenvalue weighted by atomic mass is 16.6. The van der Waals surface area contributed by atoms with E-state index in [1.165, 1.54) is 0 Å². The molecule has 0 spiro atoms. The molecule has 32 heavy (non-hydrogen) atoms. The highest BCUT2D eigenvalue weighted by Gasteiger charge is 2.36. The summed E-state index contributed by atoms with van der Waals surface area (Å²) in [5, 5.41) is 2.96. The van der Waals surface area contributed by atoms with Crippen LogP contribution in [0.4, 0.5) is 11.4 Å². The molecule has 3 aliphatic rings. The Morgan fingerprint density at radius 2 is 1.94 bits per heavy atom. The molecule has 1 fully saturated rings. The Hall–Kier alpha value is -3.42. The van der Waals surface area contributed by atoms with Crippen molar-refractivity contribution in [1.29, 1.82) is 0 Å². The first-order chi connectivity index (χ1) is 15.5. The Morgan fingerprint density at radius 1 is 1.12 bits per heavy atom. The normalized spacial score (nSPS) is 21.2. The molecule has 168 valence electrons. The molecule has 8 nitrogen and oxygen atoms in total. The maximum Gasteiger partial charge on any atom is 0.229 e. The quantitative estimate of drug-likeness (QED) is 0.772. The largest absolute Gasteiger partial charge is 0.492 e. The number of anilines is 2. The van der Waals surface area contributed by atoms with E-state index in [4.69, 9.17) is 18.9 Å². The average molecular weight is 438 g/mol. The van der Waals surface area contributed by atoms with Gasteiger partial charge in [0.1, 0.15) is 30.8 Å². The monoisotopic (exact) mass is 438 g/mol. The van der Waals surface area contributed by atoms with Crippen molar-refractivity contribution >= 4 is 23.2 Å². The number of carbonyl (C=O) groups is 2. The van der Waals surface area contributed by atoms with Crippen molar-refractivity contribution < 1.29 is 28.5 Å². The molecule has 0 radical (unpaired) electrons. The van der Waals surface area contributed by atoms with Gasteiger partial charge in [0.25, 0.3) is 0 Å². The lowest BCUT2D eigenvalue weighted by Crippen LogP contribution is -2.28. The summed E-state index contributed by atoms with van der Waals surface area (Å²) in [4.78, 5) is 27.4. The fourth-order valence-electron chi connectivity index (χ4n) is 4.38. The van der Waals surface area contributed by atoms with Crippen LogP contribution in [0, 0.1) is 5.92 Å². The van der Waals surface area contributed by atoms with E-state index in [9.17, 15) is 9.59 Å². The molecule has 5 rings (SSSR count). The zero-order valence-corrected chi connectivity index (χ0v) is 18.2. The Balaban J connectivity index is 1.32. The first kappa shape index (κ1) is 20.5. The minimum atomic E-state index is -0.474. The van der Waals surface area contributed by atoms with Crippen molar-refractivity contribution in [3.05, 3.63) is 35.9 Å². The predicted molar refractivity (Wildman–Crippen MR) is 118 cm³/mol. The van der Waals surface area contributed by atoms with Crippen LogP contribution in [0.1, 0.15) is 25.8 Å². The van der Waals surface area contributed by atoms with Crippen LogP contribution in [0.3, 0.4) is 0 Å². The van der Waals surface area contributed by atoms with Gasteiger partial charge in [-0.2, -0.15) is 0 Å². The first-order valence-corrected chi connectivity index (χ1v) is 11.0. The van der Waals surface area contributed by atoms with Gasteiger partial charge in [0.2, 0.25) is 11.8 Å². The minimum Gasteiger partial charge on any atom is -0.492 e. The second-order valence-electron chi connectivity index (χ2n) is 8.24. The topological polar surface area (TPSA) is 86.3 Å². The lowest BCUT2D eigenvalue weighted by Gasteiger charge is -2.22. The van der Waals surface area contributed by atoms with E-state index in [0.29, 0.717) is 55.0 Å². The second-order valence-corrected chi connectivity index (χ2v) is 8.24. The van der Waals surface area contributed by atoms with Gasteiger partial charge in [-0.25, -0.2) is 0 Å². The van der Waals surface area contributed by atoms with Crippen molar-refractivity contribution in [1.82, 2.24) is 0 Å². The van der Waals surface area contributed by atoms with Gasteiger partial charge >= 0.3 is 0 Å². The van der Waals surface area contributed by atoms with E-state index >= 15 is 0 Å². The molecule has 2 amide bonds. The standard InChI is InChI=1S/C24H26N2O6/c1-3-29-21-9-15-8-14(2)32-20(15)12-18(21)25-24(28)16-10-23(27)26(13-16)17-4-5-19-22(11-17)31-7-6-30-19/h4-5,9,11-12,14,16H,3,6-8,10,13H2,1-2H3,(H,25,28). The molecular formula is C24H26N2O6. The number of hydrogen-bond donors (Lipinski definition) is 1. The van der Waals surface area contributed by atoms with Crippen molar-refractivity contribution in [2.75, 3.05) is 36.6 Å². The summed E-state index contributed by atoms with van der Waals surface area (Å²) in [5.74, 6) is 1.87. The van der Waals surface area contributed by atoms with Crippen LogP contribution in [0.15, 0.2) is 30.3 Å². The van der Waals surface area contributed by atoms with Gasteiger partial charge in [-0.05, 0) is 32.0 Å². The van der Waals surface area contributed by atoms with E-state index in [1.807, 2.05) is 32.0 Å². The fourth-order valence-corrected chi connectivity index (χ4v) is 4.38. The maximum atomic E-state index is 13.1. The van der Waals surface area contributed by atoms with Crippen molar-refractivity contribution in [3.63, 3.8) is 0 Å². The molecule has 1 saturated heterocycles. The summed E-state index contributed by atoms with van der Waals surface area (Å²) in [5.41, 5.74) is 2.33. The second kappa shape index (κ2) is 8.26. The van der Waals surface area contributed by atoms with Gasteiger partial charge in [-0.1, -0.05) is 0 Å². The average Bonchev–Trinajstić information content (AvgIpc) is 3.35. The zero-order chi connectivity index (χ0) is 22.2. The molecule has 8 heteroatoms. The van der Waals surface area contributed by atoms with Crippen LogP contribution in [0.5, 0.6) is 23.0 Å². The third-order valence-corrected chi connectivity index (χ3v) is 5.89. The molecule has 2 aromatic rings. The fraction of sp³-hybridized carbons (Fsp3) is 0.417. The van der Waals surface area contributed by atoms with Crippen LogP contribution < -0.4 is 29.2 Å². The molecule has 0 aromatic heterocycles. The third kappa shape index (κ3) is 3.81. The summed E-state index contributed by atoms with van der Waals surface area (Å²) < 4.78 is 22.8. The number of nitrogens with one attached hydrogen (secondary N) is 1. The number of nitrogens with zero attached hydrogens (tertiary/aromatic N) is 1. The van der Waals surface area contributed by atoms with Gasteiger partial charge < -0.3 is 29.2 Å². The Bertz CT molecular complexity index is 1070. The van der Waals surface area contributed by atoms with Gasteiger partial charge in [0, 0.05) is 42.8 Å². The van der Waals surface area contributed by atoms with Crippen LogP contribution in [0.25, 0.3) is 0 Å². The van der Waals surface area contributed by atoms with Crippen molar-refractivity contribution in [2.45, 2.75) is 32.8 Å². The molecule has 2 atom stereocenters. The molecule has 0 aliphatic carbocycles. The number of rotatable bonds is 5. The highest BCUT2D eigenvalue weighted by Crippen LogP contribution is 2.39. The lowest BCUT2D eigenvalue weighted by molar-refractivity contribution is -0.122. The van der Waals surface area contributed by atoms with Crippen LogP contribution in [0.2, 0.25) is 0 Å².